The Hall–Kier alpha value is -2.59. The number of hydrogen-bond donors (Lipinski definition) is 2. The SMILES string of the molecule is Cc1c(Cc2ccccc2)c(=O)oc2c(C[NH+](C)C)c(O)ccc12. The maximum absolute atomic E-state index is 12.6. The molecule has 3 aromatic rings. The molecule has 0 aliphatic carbocycles. The summed E-state index contributed by atoms with van der Waals surface area (Å²) in [6, 6.07) is 13.4. The van der Waals surface area contributed by atoms with Crippen LogP contribution in [0.4, 0.5) is 0 Å². The number of quaternary nitrogens is 1. The van der Waals surface area contributed by atoms with Crippen molar-refractivity contribution in [3.63, 3.8) is 0 Å². The molecule has 0 saturated carbocycles. The largest absolute Gasteiger partial charge is 0.507 e. The number of benzene rings is 2. The predicted molar refractivity (Wildman–Crippen MR) is 94.6 cm³/mol. The minimum atomic E-state index is -0.329. The first kappa shape index (κ1) is 16.3. The van der Waals surface area contributed by atoms with Crippen molar-refractivity contribution in [2.45, 2.75) is 19.9 Å². The molecule has 0 radical (unpaired) electrons. The van der Waals surface area contributed by atoms with Crippen LogP contribution in [0.15, 0.2) is 51.7 Å². The van der Waals surface area contributed by atoms with Gasteiger partial charge in [-0.25, -0.2) is 4.79 Å². The highest BCUT2D eigenvalue weighted by Crippen LogP contribution is 2.29. The fraction of sp³-hybridized carbons (Fsp3) is 0.250. The zero-order valence-electron chi connectivity index (χ0n) is 14.2. The summed E-state index contributed by atoms with van der Waals surface area (Å²) in [5.41, 5.74) is 3.51. The lowest BCUT2D eigenvalue weighted by Gasteiger charge is -2.13. The first-order chi connectivity index (χ1) is 11.5. The minimum absolute atomic E-state index is 0.169. The highest BCUT2D eigenvalue weighted by molar-refractivity contribution is 5.85. The van der Waals surface area contributed by atoms with E-state index in [-0.39, 0.29) is 11.4 Å². The van der Waals surface area contributed by atoms with E-state index >= 15 is 0 Å². The second kappa shape index (κ2) is 6.49. The average Bonchev–Trinajstić information content (AvgIpc) is 2.55. The summed E-state index contributed by atoms with van der Waals surface area (Å²) >= 11 is 0. The Morgan fingerprint density at radius 3 is 2.42 bits per heavy atom. The van der Waals surface area contributed by atoms with E-state index in [1.807, 2.05) is 57.4 Å². The van der Waals surface area contributed by atoms with E-state index in [0.717, 1.165) is 21.4 Å². The van der Waals surface area contributed by atoms with Crippen molar-refractivity contribution >= 4 is 11.0 Å². The van der Waals surface area contributed by atoms with Crippen LogP contribution in [-0.2, 0) is 13.0 Å². The Balaban J connectivity index is 2.18. The summed E-state index contributed by atoms with van der Waals surface area (Å²) in [6.07, 6.45) is 0.542. The molecular formula is C20H22NO3+. The number of rotatable bonds is 4. The molecule has 3 rings (SSSR count). The highest BCUT2D eigenvalue weighted by atomic mass is 16.4. The molecule has 0 bridgehead atoms. The van der Waals surface area contributed by atoms with Crippen LogP contribution in [-0.4, -0.2) is 19.2 Å². The van der Waals surface area contributed by atoms with E-state index in [9.17, 15) is 9.90 Å². The van der Waals surface area contributed by atoms with Crippen molar-refractivity contribution < 1.29 is 14.4 Å². The Morgan fingerprint density at radius 2 is 1.75 bits per heavy atom. The molecule has 4 heteroatoms. The Kier molecular flexibility index (Phi) is 4.40. The van der Waals surface area contributed by atoms with E-state index < -0.39 is 0 Å². The van der Waals surface area contributed by atoms with Crippen LogP contribution in [0, 0.1) is 6.92 Å². The first-order valence-corrected chi connectivity index (χ1v) is 8.07. The molecular weight excluding hydrogens is 302 g/mol. The molecule has 24 heavy (non-hydrogen) atoms. The summed E-state index contributed by atoms with van der Waals surface area (Å²) in [4.78, 5) is 13.7. The van der Waals surface area contributed by atoms with Gasteiger partial charge in [0.2, 0.25) is 0 Å². The van der Waals surface area contributed by atoms with Crippen molar-refractivity contribution in [1.29, 1.82) is 0 Å². The van der Waals surface area contributed by atoms with Crippen LogP contribution in [0.25, 0.3) is 11.0 Å². The maximum Gasteiger partial charge on any atom is 0.340 e. The lowest BCUT2D eigenvalue weighted by molar-refractivity contribution is -0.872. The molecule has 0 aliphatic rings. The molecule has 124 valence electrons. The summed E-state index contributed by atoms with van der Waals surface area (Å²) in [6.45, 7) is 2.53. The van der Waals surface area contributed by atoms with Crippen LogP contribution in [0.5, 0.6) is 5.75 Å². The Bertz CT molecular complexity index is 927. The van der Waals surface area contributed by atoms with Gasteiger partial charge in [-0.3, -0.25) is 0 Å². The van der Waals surface area contributed by atoms with E-state index in [1.165, 1.54) is 0 Å². The van der Waals surface area contributed by atoms with Crippen LogP contribution in [0.3, 0.4) is 0 Å². The lowest BCUT2D eigenvalue weighted by atomic mass is 9.98. The summed E-state index contributed by atoms with van der Waals surface area (Å²) in [5.74, 6) is 0.169. The molecule has 1 heterocycles. The molecule has 4 nitrogen and oxygen atoms in total. The number of nitrogens with one attached hydrogen (secondary N) is 1. The second-order valence-electron chi connectivity index (χ2n) is 6.48. The molecule has 2 N–H and O–H groups in total. The van der Waals surface area contributed by atoms with Gasteiger partial charge in [-0.2, -0.15) is 0 Å². The van der Waals surface area contributed by atoms with Gasteiger partial charge >= 0.3 is 5.63 Å². The minimum Gasteiger partial charge on any atom is -0.507 e. The average molecular weight is 324 g/mol. The molecule has 1 aromatic heterocycles. The number of aromatic hydroxyl groups is 1. The van der Waals surface area contributed by atoms with Crippen molar-refractivity contribution in [3.05, 3.63) is 75.1 Å². The van der Waals surface area contributed by atoms with Crippen LogP contribution >= 0.6 is 0 Å². The van der Waals surface area contributed by atoms with Gasteiger partial charge in [0.05, 0.1) is 19.7 Å². The van der Waals surface area contributed by atoms with Gasteiger partial charge < -0.3 is 14.4 Å². The summed E-state index contributed by atoms with van der Waals surface area (Å²) in [7, 11) is 3.99. The number of aryl methyl sites for hydroxylation is 1. The van der Waals surface area contributed by atoms with Crippen LogP contribution in [0.1, 0.15) is 22.3 Å². The molecule has 0 saturated heterocycles. The normalized spacial score (nSPS) is 11.3. The monoisotopic (exact) mass is 324 g/mol. The standard InChI is InChI=1S/C20H21NO3/c1-13-15-9-10-18(22)17(12-21(2)3)19(15)24-20(23)16(13)11-14-7-5-4-6-8-14/h4-10,22H,11-12H2,1-3H3/p+1. The fourth-order valence-corrected chi connectivity index (χ4v) is 3.03. The third-order valence-corrected chi connectivity index (χ3v) is 4.29. The fourth-order valence-electron chi connectivity index (χ4n) is 3.03. The quantitative estimate of drug-likeness (QED) is 0.722. The predicted octanol–water partition coefficient (Wildman–Crippen LogP) is 2.04. The molecule has 0 unspecified atom stereocenters. The van der Waals surface area contributed by atoms with Crippen molar-refractivity contribution in [1.82, 2.24) is 0 Å². The third-order valence-electron chi connectivity index (χ3n) is 4.29. The lowest BCUT2D eigenvalue weighted by Crippen LogP contribution is -3.04. The third kappa shape index (κ3) is 3.05. The first-order valence-electron chi connectivity index (χ1n) is 8.07. The number of phenolic OH excluding ortho intramolecular Hbond substituents is 1. The van der Waals surface area contributed by atoms with E-state index in [4.69, 9.17) is 4.42 Å². The summed E-state index contributed by atoms with van der Waals surface area (Å²) < 4.78 is 5.63. The number of fused-ring (bicyclic) bond motifs is 1. The molecule has 0 fully saturated rings. The number of hydrogen-bond acceptors (Lipinski definition) is 3. The molecule has 0 aliphatic heterocycles. The second-order valence-corrected chi connectivity index (χ2v) is 6.48. The Labute approximate surface area is 141 Å². The zero-order chi connectivity index (χ0) is 17.3. The maximum atomic E-state index is 12.6. The molecule has 0 atom stereocenters. The highest BCUT2D eigenvalue weighted by Gasteiger charge is 2.18. The van der Waals surface area contributed by atoms with E-state index in [0.29, 0.717) is 29.7 Å². The van der Waals surface area contributed by atoms with Crippen molar-refractivity contribution in [3.8, 4) is 5.75 Å². The van der Waals surface area contributed by atoms with Crippen molar-refractivity contribution in [2.24, 2.45) is 0 Å². The number of phenols is 1. The Morgan fingerprint density at radius 1 is 1.04 bits per heavy atom. The zero-order valence-corrected chi connectivity index (χ0v) is 14.2. The molecule has 0 amide bonds. The molecule has 0 spiro atoms. The smallest absolute Gasteiger partial charge is 0.340 e. The van der Waals surface area contributed by atoms with Gasteiger partial charge in [0, 0.05) is 17.4 Å². The van der Waals surface area contributed by atoms with Crippen LogP contribution < -0.4 is 10.5 Å². The van der Waals surface area contributed by atoms with Crippen molar-refractivity contribution in [2.75, 3.05) is 14.1 Å². The topological polar surface area (TPSA) is 54.9 Å². The van der Waals surface area contributed by atoms with Gasteiger partial charge in [-0.15, -0.1) is 0 Å². The van der Waals surface area contributed by atoms with Gasteiger partial charge in [0.1, 0.15) is 12.3 Å². The van der Waals surface area contributed by atoms with Gasteiger partial charge in [-0.1, -0.05) is 30.3 Å². The summed E-state index contributed by atoms with van der Waals surface area (Å²) in [5, 5.41) is 11.1. The van der Waals surface area contributed by atoms with Gasteiger partial charge in [0.15, 0.2) is 5.58 Å². The van der Waals surface area contributed by atoms with E-state index in [2.05, 4.69) is 0 Å². The van der Waals surface area contributed by atoms with Crippen LogP contribution in [0.2, 0.25) is 0 Å². The molecule has 2 aromatic carbocycles. The van der Waals surface area contributed by atoms with Gasteiger partial charge in [-0.05, 0) is 30.2 Å². The van der Waals surface area contributed by atoms with Gasteiger partial charge in [0.25, 0.3) is 0 Å². The van der Waals surface area contributed by atoms with E-state index in [1.54, 1.807) is 6.07 Å².